The van der Waals surface area contributed by atoms with Crippen LogP contribution in [0, 0.1) is 0 Å². The molecule has 0 atom stereocenters. The van der Waals surface area contributed by atoms with Crippen LogP contribution in [0.1, 0.15) is 35.8 Å². The molecule has 1 aromatic heterocycles. The van der Waals surface area contributed by atoms with Gasteiger partial charge in [0.1, 0.15) is 23.3 Å². The summed E-state index contributed by atoms with van der Waals surface area (Å²) in [6.07, 6.45) is 1.48. The van der Waals surface area contributed by atoms with Gasteiger partial charge in [-0.15, -0.1) is 0 Å². The van der Waals surface area contributed by atoms with Gasteiger partial charge in [0.2, 0.25) is 0 Å². The summed E-state index contributed by atoms with van der Waals surface area (Å²) >= 11 is 2.01. The highest BCUT2D eigenvalue weighted by atomic mass is 32.2. The van der Waals surface area contributed by atoms with Crippen molar-refractivity contribution in [3.63, 3.8) is 0 Å². The number of nitrogens with one attached hydrogen (secondary N) is 1. The van der Waals surface area contributed by atoms with Gasteiger partial charge in [-0.3, -0.25) is 4.79 Å². The van der Waals surface area contributed by atoms with E-state index in [0.29, 0.717) is 59.4 Å². The molecule has 2 aliphatic rings. The highest BCUT2D eigenvalue weighted by molar-refractivity contribution is 8.00. The van der Waals surface area contributed by atoms with Crippen LogP contribution in [0.25, 0.3) is 16.6 Å². The first-order valence-electron chi connectivity index (χ1n) is 11.4. The molecule has 188 valence electrons. The standard InChI is InChI=1S/C20H18F2N2O4.C5H11NS/c21-19(22)28-15-3-1-2-14(11-15)24-17-5-4-13(12-25)10-16(17)18(23-24)20(26)6-8-27-9-7-20;1-5(6-2)3-7-4-5/h1-5,10-12,19,26H,6-9H2;6H,3-4H2,1-2H3. The van der Waals surface area contributed by atoms with Crippen LogP contribution >= 0.6 is 11.8 Å². The van der Waals surface area contributed by atoms with Crippen LogP contribution in [0.2, 0.25) is 0 Å². The second-order valence-corrected chi connectivity index (χ2v) is 9.96. The Hall–Kier alpha value is -2.53. The number of halogens is 2. The zero-order chi connectivity index (χ0) is 25.1. The van der Waals surface area contributed by atoms with Gasteiger partial charge < -0.3 is 19.9 Å². The molecule has 0 radical (unpaired) electrons. The fourth-order valence-corrected chi connectivity index (χ4v) is 5.14. The number of nitrogens with zero attached hydrogens (tertiary/aromatic N) is 2. The number of aldehydes is 1. The Morgan fingerprint density at radius 3 is 2.54 bits per heavy atom. The topological polar surface area (TPSA) is 85.6 Å². The van der Waals surface area contributed by atoms with Crippen LogP contribution in [0.3, 0.4) is 0 Å². The first kappa shape index (κ1) is 25.6. The lowest BCUT2D eigenvalue weighted by molar-refractivity contribution is -0.0698. The van der Waals surface area contributed by atoms with Crippen LogP contribution in [-0.4, -0.2) is 65.1 Å². The molecule has 7 nitrogen and oxygen atoms in total. The lowest BCUT2D eigenvalue weighted by Gasteiger charge is -2.37. The first-order chi connectivity index (χ1) is 16.8. The van der Waals surface area contributed by atoms with Crippen molar-refractivity contribution in [2.24, 2.45) is 0 Å². The quantitative estimate of drug-likeness (QED) is 0.487. The number of ether oxygens (including phenoxy) is 2. The Balaban J connectivity index is 0.000000356. The number of hydrogen-bond acceptors (Lipinski definition) is 7. The van der Waals surface area contributed by atoms with Gasteiger partial charge in [-0.05, 0) is 44.3 Å². The van der Waals surface area contributed by atoms with Gasteiger partial charge >= 0.3 is 6.61 Å². The molecule has 0 spiro atoms. The Morgan fingerprint density at radius 1 is 1.23 bits per heavy atom. The summed E-state index contributed by atoms with van der Waals surface area (Å²) in [4.78, 5) is 11.2. The number of benzene rings is 2. The van der Waals surface area contributed by atoms with Crippen molar-refractivity contribution in [3.05, 3.63) is 53.7 Å². The van der Waals surface area contributed by atoms with Gasteiger partial charge in [-0.1, -0.05) is 6.07 Å². The third-order valence-electron chi connectivity index (χ3n) is 6.33. The molecule has 3 aromatic rings. The summed E-state index contributed by atoms with van der Waals surface area (Å²) in [6.45, 7) is 0.119. The number of carbonyl (C=O) groups is 1. The number of alkyl halides is 2. The monoisotopic (exact) mass is 505 g/mol. The van der Waals surface area contributed by atoms with Gasteiger partial charge in [-0.25, -0.2) is 4.68 Å². The predicted octanol–water partition coefficient (Wildman–Crippen LogP) is 4.15. The summed E-state index contributed by atoms with van der Waals surface area (Å²) in [6, 6.07) is 11.2. The number of carbonyl (C=O) groups excluding carboxylic acids is 1. The number of hydrogen-bond donors (Lipinski definition) is 2. The summed E-state index contributed by atoms with van der Waals surface area (Å²) in [7, 11) is 2.03. The van der Waals surface area contributed by atoms with Gasteiger partial charge in [0.15, 0.2) is 0 Å². The minimum Gasteiger partial charge on any atom is -0.435 e. The number of thioether (sulfide) groups is 1. The second-order valence-electron chi connectivity index (χ2n) is 8.98. The molecule has 3 heterocycles. The van der Waals surface area contributed by atoms with E-state index < -0.39 is 12.2 Å². The van der Waals surface area contributed by atoms with Crippen molar-refractivity contribution in [2.45, 2.75) is 37.5 Å². The summed E-state index contributed by atoms with van der Waals surface area (Å²) in [5.41, 5.74) is 1.33. The average Bonchev–Trinajstić information content (AvgIpc) is 3.23. The second kappa shape index (κ2) is 10.6. The number of fused-ring (bicyclic) bond motifs is 1. The summed E-state index contributed by atoms with van der Waals surface area (Å²) < 4.78 is 36.5. The van der Waals surface area contributed by atoms with E-state index >= 15 is 0 Å². The smallest absolute Gasteiger partial charge is 0.387 e. The molecular weight excluding hydrogens is 476 g/mol. The highest BCUT2D eigenvalue weighted by Crippen LogP contribution is 2.37. The molecule has 0 unspecified atom stereocenters. The maximum absolute atomic E-state index is 12.6. The zero-order valence-electron chi connectivity index (χ0n) is 19.7. The third-order valence-corrected chi connectivity index (χ3v) is 8.02. The zero-order valence-corrected chi connectivity index (χ0v) is 20.5. The van der Waals surface area contributed by atoms with E-state index in [-0.39, 0.29) is 5.75 Å². The van der Waals surface area contributed by atoms with Gasteiger partial charge in [0.25, 0.3) is 0 Å². The number of rotatable bonds is 6. The Morgan fingerprint density at radius 2 is 1.97 bits per heavy atom. The van der Waals surface area contributed by atoms with Crippen molar-refractivity contribution in [1.82, 2.24) is 15.1 Å². The third kappa shape index (κ3) is 5.66. The Labute approximate surface area is 206 Å². The van der Waals surface area contributed by atoms with E-state index in [4.69, 9.17) is 4.74 Å². The van der Waals surface area contributed by atoms with Gasteiger partial charge in [-0.2, -0.15) is 25.6 Å². The predicted molar refractivity (Wildman–Crippen MR) is 132 cm³/mol. The molecular formula is C25H29F2N3O4S. The van der Waals surface area contributed by atoms with Crippen molar-refractivity contribution in [2.75, 3.05) is 31.8 Å². The minimum atomic E-state index is -2.93. The molecule has 2 aromatic carbocycles. The maximum Gasteiger partial charge on any atom is 0.387 e. The molecule has 10 heteroatoms. The van der Waals surface area contributed by atoms with Crippen LogP contribution in [0.4, 0.5) is 8.78 Å². The molecule has 35 heavy (non-hydrogen) atoms. The van der Waals surface area contributed by atoms with E-state index in [1.807, 2.05) is 18.8 Å². The van der Waals surface area contributed by atoms with E-state index in [9.17, 15) is 18.7 Å². The van der Waals surface area contributed by atoms with Crippen LogP contribution in [0.15, 0.2) is 42.5 Å². The van der Waals surface area contributed by atoms with Crippen molar-refractivity contribution >= 4 is 29.0 Å². The van der Waals surface area contributed by atoms with Crippen LogP contribution in [-0.2, 0) is 10.3 Å². The SMILES string of the molecule is CNC1(C)CSC1.O=Cc1ccc2c(c1)c(C1(O)CCOCC1)nn2-c1cccc(OC(F)F)c1. The molecule has 2 aliphatic heterocycles. The Kier molecular flexibility index (Phi) is 7.75. The largest absolute Gasteiger partial charge is 0.435 e. The van der Waals surface area contributed by atoms with Gasteiger partial charge in [0, 0.05) is 60.1 Å². The fraction of sp³-hybridized carbons (Fsp3) is 0.440. The molecule has 5 rings (SSSR count). The summed E-state index contributed by atoms with van der Waals surface area (Å²) in [5.74, 6) is 2.57. The molecule has 2 N–H and O–H groups in total. The van der Waals surface area contributed by atoms with Crippen LogP contribution < -0.4 is 10.1 Å². The fourth-order valence-electron chi connectivity index (χ4n) is 4.04. The van der Waals surface area contributed by atoms with Crippen molar-refractivity contribution in [3.8, 4) is 11.4 Å². The van der Waals surface area contributed by atoms with E-state index in [0.717, 1.165) is 6.29 Å². The molecule has 0 saturated carbocycles. The van der Waals surface area contributed by atoms with E-state index in [1.165, 1.54) is 23.6 Å². The Bertz CT molecular complexity index is 1170. The van der Waals surface area contributed by atoms with Crippen LogP contribution in [0.5, 0.6) is 5.75 Å². The molecule has 0 amide bonds. The average molecular weight is 506 g/mol. The van der Waals surface area contributed by atoms with E-state index in [2.05, 4.69) is 22.1 Å². The molecule has 2 fully saturated rings. The van der Waals surface area contributed by atoms with E-state index in [1.54, 1.807) is 35.0 Å². The van der Waals surface area contributed by atoms with Gasteiger partial charge in [0.05, 0.1) is 11.2 Å². The normalized spacial score (nSPS) is 18.5. The molecule has 2 saturated heterocycles. The molecule has 0 bridgehead atoms. The van der Waals surface area contributed by atoms with Crippen molar-refractivity contribution < 1.29 is 28.2 Å². The minimum absolute atomic E-state index is 0.00647. The lowest BCUT2D eigenvalue weighted by atomic mass is 9.88. The lowest BCUT2D eigenvalue weighted by Crippen LogP contribution is -2.51. The van der Waals surface area contributed by atoms with Crippen molar-refractivity contribution in [1.29, 1.82) is 0 Å². The molecule has 0 aliphatic carbocycles. The number of aromatic nitrogens is 2. The maximum atomic E-state index is 12.6. The highest BCUT2D eigenvalue weighted by Gasteiger charge is 2.36. The number of aliphatic hydroxyl groups is 1. The summed E-state index contributed by atoms with van der Waals surface area (Å²) in [5, 5.41) is 19.7. The first-order valence-corrected chi connectivity index (χ1v) is 12.5.